The summed E-state index contributed by atoms with van der Waals surface area (Å²) in [5.74, 6) is 0.444. The van der Waals surface area contributed by atoms with Gasteiger partial charge in [0.15, 0.2) is 6.61 Å². The van der Waals surface area contributed by atoms with Gasteiger partial charge in [0.25, 0.3) is 15.9 Å². The first-order valence-electron chi connectivity index (χ1n) is 10.0. The standard InChI is InChI=1S/C22H28N2O4S/c1-3-24(19-10-5-4-6-11-19)29(26,27)21-14-12-20(13-15-21)28-17-22(25)23-16-8-7-9-18(23)2/h4-6,10-15,18H,3,7-9,16-17H2,1-2H3/t18-/m0/s1. The fourth-order valence-electron chi connectivity index (χ4n) is 3.62. The summed E-state index contributed by atoms with van der Waals surface area (Å²) < 4.78 is 33.0. The van der Waals surface area contributed by atoms with Crippen molar-refractivity contribution in [2.24, 2.45) is 0 Å². The first kappa shape index (κ1) is 21.2. The highest BCUT2D eigenvalue weighted by Gasteiger charge is 2.25. The first-order valence-corrected chi connectivity index (χ1v) is 11.5. The first-order chi connectivity index (χ1) is 13.9. The van der Waals surface area contributed by atoms with Crippen molar-refractivity contribution in [3.63, 3.8) is 0 Å². The summed E-state index contributed by atoms with van der Waals surface area (Å²) in [6.07, 6.45) is 3.20. The number of sulfonamides is 1. The van der Waals surface area contributed by atoms with Crippen LogP contribution in [0.25, 0.3) is 0 Å². The molecule has 1 heterocycles. The van der Waals surface area contributed by atoms with Crippen LogP contribution in [-0.4, -0.2) is 45.0 Å². The average molecular weight is 417 g/mol. The Kier molecular flexibility index (Phi) is 6.79. The van der Waals surface area contributed by atoms with Crippen LogP contribution in [-0.2, 0) is 14.8 Å². The number of para-hydroxylation sites is 1. The maximum absolute atomic E-state index is 13.0. The quantitative estimate of drug-likeness (QED) is 0.691. The van der Waals surface area contributed by atoms with Gasteiger partial charge in [0.1, 0.15) is 5.75 Å². The lowest BCUT2D eigenvalue weighted by molar-refractivity contribution is -0.136. The topological polar surface area (TPSA) is 66.9 Å². The van der Waals surface area contributed by atoms with Crippen molar-refractivity contribution in [2.75, 3.05) is 24.0 Å². The lowest BCUT2D eigenvalue weighted by atomic mass is 10.0. The zero-order valence-electron chi connectivity index (χ0n) is 17.0. The van der Waals surface area contributed by atoms with Crippen molar-refractivity contribution in [3.8, 4) is 5.75 Å². The Bertz CT molecular complexity index is 914. The minimum absolute atomic E-state index is 0.0323. The van der Waals surface area contributed by atoms with Crippen LogP contribution in [0.1, 0.15) is 33.1 Å². The molecule has 1 fully saturated rings. The molecule has 0 aliphatic carbocycles. The number of piperidine rings is 1. The number of likely N-dealkylation sites (tertiary alicyclic amines) is 1. The summed E-state index contributed by atoms with van der Waals surface area (Å²) >= 11 is 0. The minimum atomic E-state index is -3.67. The Morgan fingerprint density at radius 3 is 2.41 bits per heavy atom. The van der Waals surface area contributed by atoms with Gasteiger partial charge in [-0.25, -0.2) is 8.42 Å². The van der Waals surface area contributed by atoms with E-state index in [0.717, 1.165) is 25.8 Å². The summed E-state index contributed by atoms with van der Waals surface area (Å²) in [4.78, 5) is 14.4. The number of ether oxygens (including phenoxy) is 1. The van der Waals surface area contributed by atoms with E-state index in [-0.39, 0.29) is 23.5 Å². The van der Waals surface area contributed by atoms with Crippen LogP contribution >= 0.6 is 0 Å². The molecule has 29 heavy (non-hydrogen) atoms. The van der Waals surface area contributed by atoms with E-state index in [2.05, 4.69) is 6.92 Å². The third-order valence-corrected chi connectivity index (χ3v) is 7.15. The fourth-order valence-corrected chi connectivity index (χ4v) is 5.09. The molecular formula is C22H28N2O4S. The van der Waals surface area contributed by atoms with Crippen LogP contribution < -0.4 is 9.04 Å². The zero-order chi connectivity index (χ0) is 20.9. The third-order valence-electron chi connectivity index (χ3n) is 5.23. The molecule has 0 N–H and O–H groups in total. The Labute approximate surface area is 173 Å². The van der Waals surface area contributed by atoms with E-state index in [1.54, 1.807) is 31.2 Å². The van der Waals surface area contributed by atoms with E-state index in [4.69, 9.17) is 4.74 Å². The number of hydrogen-bond donors (Lipinski definition) is 0. The summed E-state index contributed by atoms with van der Waals surface area (Å²) in [6.45, 7) is 4.92. The molecule has 0 spiro atoms. The van der Waals surface area contributed by atoms with Crippen LogP contribution in [0.3, 0.4) is 0 Å². The summed E-state index contributed by atoms with van der Waals surface area (Å²) in [5.41, 5.74) is 0.622. The lowest BCUT2D eigenvalue weighted by Gasteiger charge is -2.33. The predicted molar refractivity (Wildman–Crippen MR) is 114 cm³/mol. The second kappa shape index (κ2) is 9.31. The van der Waals surface area contributed by atoms with Crippen molar-refractivity contribution in [3.05, 3.63) is 54.6 Å². The van der Waals surface area contributed by atoms with Gasteiger partial charge in [0, 0.05) is 19.1 Å². The monoisotopic (exact) mass is 416 g/mol. The molecule has 0 unspecified atom stereocenters. The van der Waals surface area contributed by atoms with Crippen LogP contribution in [0.5, 0.6) is 5.75 Å². The van der Waals surface area contributed by atoms with Crippen molar-refractivity contribution in [1.82, 2.24) is 4.90 Å². The molecule has 3 rings (SSSR count). The Morgan fingerprint density at radius 2 is 1.79 bits per heavy atom. The van der Waals surface area contributed by atoms with Gasteiger partial charge in [-0.2, -0.15) is 0 Å². The van der Waals surface area contributed by atoms with Gasteiger partial charge in [-0.15, -0.1) is 0 Å². The number of hydrogen-bond acceptors (Lipinski definition) is 4. The molecule has 7 heteroatoms. The molecule has 0 bridgehead atoms. The van der Waals surface area contributed by atoms with Gasteiger partial charge >= 0.3 is 0 Å². The maximum atomic E-state index is 13.0. The molecule has 1 aliphatic rings. The number of nitrogens with zero attached hydrogens (tertiary/aromatic N) is 2. The smallest absolute Gasteiger partial charge is 0.264 e. The second-order valence-corrected chi connectivity index (χ2v) is 9.06. The molecule has 2 aromatic rings. The molecule has 6 nitrogen and oxygen atoms in total. The normalized spacial score (nSPS) is 17.0. The van der Waals surface area contributed by atoms with E-state index in [1.165, 1.54) is 16.4 Å². The summed E-state index contributed by atoms with van der Waals surface area (Å²) in [6, 6.07) is 15.5. The van der Waals surface area contributed by atoms with E-state index >= 15 is 0 Å². The highest BCUT2D eigenvalue weighted by Crippen LogP contribution is 2.25. The van der Waals surface area contributed by atoms with Gasteiger partial charge in [0.05, 0.1) is 10.6 Å². The zero-order valence-corrected chi connectivity index (χ0v) is 17.8. The summed E-state index contributed by atoms with van der Waals surface area (Å²) in [7, 11) is -3.67. The molecule has 156 valence electrons. The van der Waals surface area contributed by atoms with Gasteiger partial charge in [-0.1, -0.05) is 18.2 Å². The van der Waals surface area contributed by atoms with Crippen molar-refractivity contribution >= 4 is 21.6 Å². The Hall–Kier alpha value is -2.54. The maximum Gasteiger partial charge on any atom is 0.264 e. The highest BCUT2D eigenvalue weighted by molar-refractivity contribution is 7.92. The summed E-state index contributed by atoms with van der Waals surface area (Å²) in [5, 5.41) is 0. The highest BCUT2D eigenvalue weighted by atomic mass is 32.2. The number of carbonyl (C=O) groups is 1. The molecule has 1 aliphatic heterocycles. The molecule has 1 saturated heterocycles. The third kappa shape index (κ3) is 4.90. The van der Waals surface area contributed by atoms with E-state index < -0.39 is 10.0 Å². The molecular weight excluding hydrogens is 388 g/mol. The van der Waals surface area contributed by atoms with Crippen LogP contribution in [0.2, 0.25) is 0 Å². The van der Waals surface area contributed by atoms with Gasteiger partial charge in [-0.05, 0) is 69.5 Å². The number of amides is 1. The average Bonchev–Trinajstić information content (AvgIpc) is 2.74. The molecule has 0 aromatic heterocycles. The van der Waals surface area contributed by atoms with E-state index in [0.29, 0.717) is 18.0 Å². The van der Waals surface area contributed by atoms with E-state index in [9.17, 15) is 13.2 Å². The molecule has 0 saturated carbocycles. The van der Waals surface area contributed by atoms with E-state index in [1.807, 2.05) is 23.1 Å². The van der Waals surface area contributed by atoms with Crippen molar-refractivity contribution in [1.29, 1.82) is 0 Å². The van der Waals surface area contributed by atoms with Crippen molar-refractivity contribution in [2.45, 2.75) is 44.0 Å². The predicted octanol–water partition coefficient (Wildman–Crippen LogP) is 3.68. The molecule has 1 atom stereocenters. The Balaban J connectivity index is 1.67. The molecule has 2 aromatic carbocycles. The van der Waals surface area contributed by atoms with Gasteiger partial charge in [0.2, 0.25) is 0 Å². The SMILES string of the molecule is CCN(c1ccccc1)S(=O)(=O)c1ccc(OCC(=O)N2CCCC[C@@H]2C)cc1. The largest absolute Gasteiger partial charge is 0.484 e. The van der Waals surface area contributed by atoms with Gasteiger partial charge < -0.3 is 9.64 Å². The fraction of sp³-hybridized carbons (Fsp3) is 0.409. The lowest BCUT2D eigenvalue weighted by Crippen LogP contribution is -2.44. The number of carbonyl (C=O) groups excluding carboxylic acids is 1. The number of rotatable bonds is 7. The van der Waals surface area contributed by atoms with Crippen LogP contribution in [0.4, 0.5) is 5.69 Å². The van der Waals surface area contributed by atoms with Crippen LogP contribution in [0, 0.1) is 0 Å². The minimum Gasteiger partial charge on any atom is -0.484 e. The molecule has 0 radical (unpaired) electrons. The van der Waals surface area contributed by atoms with Crippen molar-refractivity contribution < 1.29 is 17.9 Å². The molecule has 1 amide bonds. The van der Waals surface area contributed by atoms with Crippen LogP contribution in [0.15, 0.2) is 59.5 Å². The second-order valence-electron chi connectivity index (χ2n) is 7.20. The Morgan fingerprint density at radius 1 is 1.10 bits per heavy atom. The number of benzene rings is 2. The number of anilines is 1. The van der Waals surface area contributed by atoms with Gasteiger partial charge in [-0.3, -0.25) is 9.10 Å².